The molecule has 0 amide bonds. The van der Waals surface area contributed by atoms with Gasteiger partial charge < -0.3 is 9.84 Å². The average Bonchev–Trinajstić information content (AvgIpc) is 2.42. The minimum absolute atomic E-state index is 0.0847. The summed E-state index contributed by atoms with van der Waals surface area (Å²) in [6, 6.07) is 3.70. The highest BCUT2D eigenvalue weighted by atomic mass is 32.2. The predicted octanol–water partition coefficient (Wildman–Crippen LogP) is 0.581. The highest BCUT2D eigenvalue weighted by Gasteiger charge is 2.19. The molecule has 0 saturated carbocycles. The van der Waals surface area contributed by atoms with Gasteiger partial charge in [0.25, 0.3) is 5.69 Å². The van der Waals surface area contributed by atoms with E-state index in [0.717, 1.165) is 6.07 Å². The Labute approximate surface area is 122 Å². The minimum Gasteiger partial charge on any atom is -0.394 e. The summed E-state index contributed by atoms with van der Waals surface area (Å²) >= 11 is 0. The first-order chi connectivity index (χ1) is 9.88. The molecule has 118 valence electrons. The SMILES string of the molecule is Cc1ccc([N+](=O)[O-])cc1S(=O)(=O)NCCCOCCO. The number of non-ortho nitro benzene ring substituents is 1. The Hall–Kier alpha value is -1.55. The maximum Gasteiger partial charge on any atom is 0.270 e. The van der Waals surface area contributed by atoms with Crippen molar-refractivity contribution in [3.05, 3.63) is 33.9 Å². The van der Waals surface area contributed by atoms with E-state index in [1.807, 2.05) is 0 Å². The van der Waals surface area contributed by atoms with Gasteiger partial charge in [-0.15, -0.1) is 0 Å². The molecule has 0 radical (unpaired) electrons. The van der Waals surface area contributed by atoms with E-state index in [-0.39, 0.29) is 30.3 Å². The molecule has 0 unspecified atom stereocenters. The molecule has 8 nitrogen and oxygen atoms in total. The number of benzene rings is 1. The lowest BCUT2D eigenvalue weighted by atomic mass is 10.2. The van der Waals surface area contributed by atoms with Crippen LogP contribution in [-0.2, 0) is 14.8 Å². The van der Waals surface area contributed by atoms with Crippen LogP contribution in [0.4, 0.5) is 5.69 Å². The summed E-state index contributed by atoms with van der Waals surface area (Å²) < 4.78 is 31.6. The highest BCUT2D eigenvalue weighted by molar-refractivity contribution is 7.89. The van der Waals surface area contributed by atoms with Gasteiger partial charge in [-0.25, -0.2) is 13.1 Å². The maximum atomic E-state index is 12.1. The van der Waals surface area contributed by atoms with Crippen molar-refractivity contribution >= 4 is 15.7 Å². The molecular weight excluding hydrogens is 300 g/mol. The third-order valence-electron chi connectivity index (χ3n) is 2.67. The zero-order valence-corrected chi connectivity index (χ0v) is 12.4. The van der Waals surface area contributed by atoms with E-state index in [9.17, 15) is 18.5 Å². The normalized spacial score (nSPS) is 11.5. The topological polar surface area (TPSA) is 119 Å². The molecule has 1 aromatic carbocycles. The molecule has 21 heavy (non-hydrogen) atoms. The monoisotopic (exact) mass is 318 g/mol. The molecule has 0 aliphatic heterocycles. The van der Waals surface area contributed by atoms with Gasteiger partial charge in [-0.2, -0.15) is 0 Å². The Morgan fingerprint density at radius 2 is 2.10 bits per heavy atom. The van der Waals surface area contributed by atoms with Crippen molar-refractivity contribution in [3.8, 4) is 0 Å². The zero-order valence-electron chi connectivity index (χ0n) is 11.6. The Morgan fingerprint density at radius 1 is 1.38 bits per heavy atom. The van der Waals surface area contributed by atoms with Crippen LogP contribution in [0.5, 0.6) is 0 Å². The lowest BCUT2D eigenvalue weighted by Gasteiger charge is -2.09. The number of aryl methyl sites for hydroxylation is 1. The van der Waals surface area contributed by atoms with E-state index < -0.39 is 14.9 Å². The molecular formula is C12H18N2O6S. The van der Waals surface area contributed by atoms with Crippen LogP contribution in [0.25, 0.3) is 0 Å². The van der Waals surface area contributed by atoms with Gasteiger partial charge in [0.2, 0.25) is 10.0 Å². The first-order valence-corrected chi connectivity index (χ1v) is 7.80. The fourth-order valence-electron chi connectivity index (χ4n) is 1.62. The van der Waals surface area contributed by atoms with Crippen molar-refractivity contribution in [2.24, 2.45) is 0 Å². The van der Waals surface area contributed by atoms with Gasteiger partial charge in [0.1, 0.15) is 0 Å². The van der Waals surface area contributed by atoms with Gasteiger partial charge >= 0.3 is 0 Å². The van der Waals surface area contributed by atoms with Crippen molar-refractivity contribution in [1.29, 1.82) is 0 Å². The Morgan fingerprint density at radius 3 is 2.71 bits per heavy atom. The summed E-state index contributed by atoms with van der Waals surface area (Å²) in [5.41, 5.74) is 0.164. The quantitative estimate of drug-likeness (QED) is 0.390. The third kappa shape index (κ3) is 5.38. The van der Waals surface area contributed by atoms with Crippen molar-refractivity contribution in [2.75, 3.05) is 26.4 Å². The number of hydrogen-bond acceptors (Lipinski definition) is 6. The number of nitrogens with zero attached hydrogens (tertiary/aromatic N) is 1. The predicted molar refractivity (Wildman–Crippen MR) is 75.5 cm³/mol. The van der Waals surface area contributed by atoms with Crippen LogP contribution in [-0.4, -0.2) is 44.8 Å². The maximum absolute atomic E-state index is 12.1. The largest absolute Gasteiger partial charge is 0.394 e. The Bertz CT molecular complexity index is 587. The average molecular weight is 318 g/mol. The molecule has 0 aromatic heterocycles. The molecule has 2 N–H and O–H groups in total. The van der Waals surface area contributed by atoms with E-state index in [4.69, 9.17) is 9.84 Å². The van der Waals surface area contributed by atoms with E-state index >= 15 is 0 Å². The van der Waals surface area contributed by atoms with Gasteiger partial charge in [0, 0.05) is 25.3 Å². The lowest BCUT2D eigenvalue weighted by molar-refractivity contribution is -0.385. The number of hydrogen-bond donors (Lipinski definition) is 2. The van der Waals surface area contributed by atoms with Crippen molar-refractivity contribution < 1.29 is 23.2 Å². The Kier molecular flexibility index (Phi) is 6.69. The summed E-state index contributed by atoms with van der Waals surface area (Å²) in [5.74, 6) is 0. The second-order valence-electron chi connectivity index (χ2n) is 4.29. The number of nitrogens with one attached hydrogen (secondary N) is 1. The van der Waals surface area contributed by atoms with Gasteiger partial charge in [0.05, 0.1) is 23.0 Å². The number of aliphatic hydroxyl groups excluding tert-OH is 1. The first kappa shape index (κ1) is 17.5. The van der Waals surface area contributed by atoms with Crippen LogP contribution in [0.2, 0.25) is 0 Å². The van der Waals surface area contributed by atoms with E-state index in [1.54, 1.807) is 6.92 Å². The van der Waals surface area contributed by atoms with Crippen LogP contribution in [0.1, 0.15) is 12.0 Å². The van der Waals surface area contributed by atoms with Gasteiger partial charge in [0.15, 0.2) is 0 Å². The fourth-order valence-corrected chi connectivity index (χ4v) is 2.95. The summed E-state index contributed by atoms with van der Waals surface area (Å²) in [6.45, 7) is 2.16. The molecule has 0 saturated heterocycles. The fraction of sp³-hybridized carbons (Fsp3) is 0.500. The summed E-state index contributed by atoms with van der Waals surface area (Å²) in [7, 11) is -3.80. The van der Waals surface area contributed by atoms with Crippen LogP contribution in [0.3, 0.4) is 0 Å². The molecule has 0 heterocycles. The van der Waals surface area contributed by atoms with Gasteiger partial charge in [-0.3, -0.25) is 10.1 Å². The number of rotatable bonds is 9. The minimum atomic E-state index is -3.80. The number of aliphatic hydroxyl groups is 1. The summed E-state index contributed by atoms with van der Waals surface area (Å²) in [5, 5.41) is 19.2. The molecule has 1 rings (SSSR count). The number of sulfonamides is 1. The van der Waals surface area contributed by atoms with Crippen LogP contribution < -0.4 is 4.72 Å². The van der Waals surface area contributed by atoms with Gasteiger partial charge in [-0.1, -0.05) is 6.07 Å². The molecule has 0 aliphatic carbocycles. The zero-order chi connectivity index (χ0) is 15.9. The molecule has 0 atom stereocenters. The van der Waals surface area contributed by atoms with E-state index in [1.165, 1.54) is 12.1 Å². The van der Waals surface area contributed by atoms with Crippen molar-refractivity contribution in [1.82, 2.24) is 4.72 Å². The molecule has 9 heteroatoms. The first-order valence-electron chi connectivity index (χ1n) is 6.32. The van der Waals surface area contributed by atoms with E-state index in [0.29, 0.717) is 18.6 Å². The summed E-state index contributed by atoms with van der Waals surface area (Å²) in [6.07, 6.45) is 0.438. The van der Waals surface area contributed by atoms with Crippen LogP contribution in [0.15, 0.2) is 23.1 Å². The second kappa shape index (κ2) is 8.03. The molecule has 0 fully saturated rings. The molecule has 0 bridgehead atoms. The molecule has 0 aliphatic rings. The van der Waals surface area contributed by atoms with Crippen molar-refractivity contribution in [2.45, 2.75) is 18.2 Å². The second-order valence-corrected chi connectivity index (χ2v) is 6.03. The third-order valence-corrected chi connectivity index (χ3v) is 4.27. The standard InChI is InChI=1S/C12H18N2O6S/c1-10-3-4-11(14(16)17)9-12(10)21(18,19)13-5-2-7-20-8-6-15/h3-4,9,13,15H,2,5-8H2,1H3. The van der Waals surface area contributed by atoms with Crippen molar-refractivity contribution in [3.63, 3.8) is 0 Å². The smallest absolute Gasteiger partial charge is 0.270 e. The van der Waals surface area contributed by atoms with Gasteiger partial charge in [-0.05, 0) is 18.9 Å². The van der Waals surface area contributed by atoms with Crippen LogP contribution >= 0.6 is 0 Å². The molecule has 1 aromatic rings. The number of nitro benzene ring substituents is 1. The highest BCUT2D eigenvalue weighted by Crippen LogP contribution is 2.21. The number of nitro groups is 1. The Balaban J connectivity index is 2.70. The number of ether oxygens (including phenoxy) is 1. The lowest BCUT2D eigenvalue weighted by Crippen LogP contribution is -2.26. The summed E-state index contributed by atoms with van der Waals surface area (Å²) in [4.78, 5) is 9.96. The van der Waals surface area contributed by atoms with E-state index in [2.05, 4.69) is 4.72 Å². The van der Waals surface area contributed by atoms with Crippen LogP contribution in [0, 0.1) is 17.0 Å². The molecule has 0 spiro atoms.